The largest absolute Gasteiger partial charge is 0.453 e. The summed E-state index contributed by atoms with van der Waals surface area (Å²) in [6.45, 7) is 5.37. The lowest BCUT2D eigenvalue weighted by atomic mass is 9.84. The number of ketones is 1. The van der Waals surface area contributed by atoms with Gasteiger partial charge in [0, 0.05) is 11.6 Å². The Bertz CT molecular complexity index is 1580. The number of aryl methyl sites for hydroxylation is 1. The first-order chi connectivity index (χ1) is 23.0. The Morgan fingerprint density at radius 2 is 1.56 bits per heavy atom. The standard InChI is InChI=1S/C36H41N5O7/c1-36(2,3)48-35(45)41-22-27(47-30(23-41)29(42)21-38-37)20-19-24-13-11-12-18-28(24)39-33(43)32(40-34(44)46-4)31(25-14-7-5-8-15-25)26-16-9-6-10-17-26/h5-18,21,27,30-32H,19-20,22-23H2,1-4H3,(H,39,43)(H,40,44)/t27-,30+,32+/m1/s1. The predicted octanol–water partition coefficient (Wildman–Crippen LogP) is 4.99. The van der Waals surface area contributed by atoms with E-state index >= 15 is 0 Å². The van der Waals surface area contributed by atoms with E-state index in [1.54, 1.807) is 32.9 Å². The Morgan fingerprint density at radius 3 is 2.15 bits per heavy atom. The van der Waals surface area contributed by atoms with Gasteiger partial charge in [-0.2, -0.15) is 4.79 Å². The van der Waals surface area contributed by atoms with Crippen LogP contribution in [0.1, 0.15) is 49.8 Å². The molecule has 3 atom stereocenters. The van der Waals surface area contributed by atoms with Gasteiger partial charge in [-0.15, -0.1) is 0 Å². The highest BCUT2D eigenvalue weighted by molar-refractivity contribution is 6.27. The lowest BCUT2D eigenvalue weighted by Gasteiger charge is -2.37. The molecule has 0 unspecified atom stereocenters. The SMILES string of the molecule is COC(=O)N[C@H](C(=O)Nc1ccccc1CC[C@@H]1CN(C(=O)OC(C)(C)C)C[C@@H](C(=O)C=[N+]=[N-])O1)C(c1ccccc1)c1ccccc1. The predicted molar refractivity (Wildman–Crippen MR) is 179 cm³/mol. The number of Topliss-reactive ketones (excluding diaryl/α,β-unsaturated/α-hetero) is 1. The molecule has 4 rings (SSSR count). The summed E-state index contributed by atoms with van der Waals surface area (Å²) in [5.41, 5.74) is 11.1. The van der Waals surface area contributed by atoms with Crippen molar-refractivity contribution in [3.05, 3.63) is 107 Å². The number of carbonyl (C=O) groups is 4. The highest BCUT2D eigenvalue weighted by Gasteiger charge is 2.37. The maximum atomic E-state index is 14.1. The van der Waals surface area contributed by atoms with Crippen molar-refractivity contribution in [1.82, 2.24) is 10.2 Å². The molecule has 3 aromatic rings. The number of benzene rings is 3. The minimum atomic E-state index is -1.04. The zero-order valence-electron chi connectivity index (χ0n) is 27.5. The fourth-order valence-electron chi connectivity index (χ4n) is 5.54. The van der Waals surface area contributed by atoms with Gasteiger partial charge in [-0.3, -0.25) is 9.59 Å². The summed E-state index contributed by atoms with van der Waals surface area (Å²) in [7, 11) is 1.24. The minimum absolute atomic E-state index is 0.0541. The number of amides is 3. The number of nitrogens with zero attached hydrogens (tertiary/aromatic N) is 3. The summed E-state index contributed by atoms with van der Waals surface area (Å²) in [6.07, 6.45) is -1.40. The molecule has 0 bridgehead atoms. The van der Waals surface area contributed by atoms with Crippen molar-refractivity contribution in [2.45, 2.75) is 63.4 Å². The molecule has 12 nitrogen and oxygen atoms in total. The summed E-state index contributed by atoms with van der Waals surface area (Å²) in [6, 6.07) is 25.1. The molecular formula is C36H41N5O7. The van der Waals surface area contributed by atoms with E-state index in [-0.39, 0.29) is 13.1 Å². The van der Waals surface area contributed by atoms with Crippen molar-refractivity contribution in [3.63, 3.8) is 0 Å². The number of rotatable bonds is 11. The van der Waals surface area contributed by atoms with Crippen LogP contribution in [0, 0.1) is 0 Å². The van der Waals surface area contributed by atoms with Crippen LogP contribution < -0.4 is 10.6 Å². The van der Waals surface area contributed by atoms with Crippen LogP contribution in [0.4, 0.5) is 15.3 Å². The van der Waals surface area contributed by atoms with Crippen LogP contribution in [0.2, 0.25) is 0 Å². The van der Waals surface area contributed by atoms with E-state index in [0.717, 1.165) is 22.9 Å². The Hall–Kier alpha value is -5.32. The zero-order chi connectivity index (χ0) is 34.7. The maximum Gasteiger partial charge on any atom is 0.410 e. The second-order valence-electron chi connectivity index (χ2n) is 12.4. The molecule has 0 radical (unpaired) electrons. The summed E-state index contributed by atoms with van der Waals surface area (Å²) in [5.74, 6) is -1.58. The Kier molecular flexibility index (Phi) is 12.2. The van der Waals surface area contributed by atoms with E-state index < -0.39 is 53.6 Å². The molecule has 12 heteroatoms. The topological polar surface area (TPSA) is 160 Å². The number of hydrogen-bond acceptors (Lipinski definition) is 7. The van der Waals surface area contributed by atoms with E-state index in [9.17, 15) is 19.2 Å². The van der Waals surface area contributed by atoms with E-state index in [4.69, 9.17) is 19.7 Å². The lowest BCUT2D eigenvalue weighted by molar-refractivity contribution is -0.140. The number of alkyl carbamates (subject to hydrolysis) is 1. The van der Waals surface area contributed by atoms with Gasteiger partial charge in [0.25, 0.3) is 5.78 Å². The van der Waals surface area contributed by atoms with E-state index in [2.05, 4.69) is 15.4 Å². The lowest BCUT2D eigenvalue weighted by Crippen LogP contribution is -2.54. The summed E-state index contributed by atoms with van der Waals surface area (Å²) in [4.78, 5) is 56.4. The third-order valence-corrected chi connectivity index (χ3v) is 7.72. The number of anilines is 1. The first kappa shape index (κ1) is 35.5. The van der Waals surface area contributed by atoms with Gasteiger partial charge < -0.3 is 35.3 Å². The van der Waals surface area contributed by atoms with Gasteiger partial charge in [0.2, 0.25) is 5.91 Å². The zero-order valence-corrected chi connectivity index (χ0v) is 27.5. The number of ether oxygens (including phenoxy) is 3. The number of carbonyl (C=O) groups excluding carboxylic acids is 4. The molecule has 0 aliphatic carbocycles. The second-order valence-corrected chi connectivity index (χ2v) is 12.4. The molecule has 3 aromatic carbocycles. The maximum absolute atomic E-state index is 14.1. The van der Waals surface area contributed by atoms with Crippen LogP contribution in [0.25, 0.3) is 5.53 Å². The van der Waals surface area contributed by atoms with Gasteiger partial charge in [-0.25, -0.2) is 9.59 Å². The quantitative estimate of drug-likeness (QED) is 0.167. The van der Waals surface area contributed by atoms with Gasteiger partial charge in [-0.1, -0.05) is 78.9 Å². The fraction of sp³-hybridized carbons (Fsp3) is 0.361. The van der Waals surface area contributed by atoms with E-state index in [0.29, 0.717) is 18.5 Å². The van der Waals surface area contributed by atoms with Gasteiger partial charge in [0.1, 0.15) is 17.7 Å². The molecule has 0 aromatic heterocycles. The second kappa shape index (κ2) is 16.5. The van der Waals surface area contributed by atoms with Crippen LogP contribution in [-0.4, -0.2) is 83.8 Å². The van der Waals surface area contributed by atoms with Crippen molar-refractivity contribution in [2.75, 3.05) is 25.5 Å². The van der Waals surface area contributed by atoms with Gasteiger partial charge in [-0.05, 0) is 56.4 Å². The van der Waals surface area contributed by atoms with Crippen molar-refractivity contribution in [3.8, 4) is 0 Å². The monoisotopic (exact) mass is 655 g/mol. The number of hydrogen-bond donors (Lipinski definition) is 2. The number of para-hydroxylation sites is 1. The molecule has 1 saturated heterocycles. The molecule has 252 valence electrons. The highest BCUT2D eigenvalue weighted by atomic mass is 16.6. The smallest absolute Gasteiger partial charge is 0.410 e. The van der Waals surface area contributed by atoms with Crippen molar-refractivity contribution < 1.29 is 38.2 Å². The van der Waals surface area contributed by atoms with Crippen LogP contribution >= 0.6 is 0 Å². The molecule has 1 aliphatic rings. The van der Waals surface area contributed by atoms with Gasteiger partial charge in [0.15, 0.2) is 0 Å². The molecule has 1 aliphatic heterocycles. The Morgan fingerprint density at radius 1 is 0.958 bits per heavy atom. The van der Waals surface area contributed by atoms with Crippen LogP contribution in [0.5, 0.6) is 0 Å². The molecule has 1 heterocycles. The molecule has 48 heavy (non-hydrogen) atoms. The van der Waals surface area contributed by atoms with Crippen LogP contribution in [-0.2, 0) is 30.2 Å². The number of methoxy groups -OCH3 is 1. The van der Waals surface area contributed by atoms with Crippen molar-refractivity contribution in [2.24, 2.45) is 0 Å². The molecule has 0 spiro atoms. The number of nitrogens with one attached hydrogen (secondary N) is 2. The molecule has 3 amide bonds. The van der Waals surface area contributed by atoms with E-state index in [1.807, 2.05) is 72.8 Å². The first-order valence-corrected chi connectivity index (χ1v) is 15.7. The molecule has 1 fully saturated rings. The summed E-state index contributed by atoms with van der Waals surface area (Å²) < 4.78 is 16.5. The normalized spacial score (nSPS) is 16.6. The molecule has 0 saturated carbocycles. The van der Waals surface area contributed by atoms with E-state index in [1.165, 1.54) is 12.0 Å². The average molecular weight is 656 g/mol. The van der Waals surface area contributed by atoms with Crippen LogP contribution in [0.3, 0.4) is 0 Å². The third-order valence-electron chi connectivity index (χ3n) is 7.72. The third kappa shape index (κ3) is 9.84. The fourth-order valence-corrected chi connectivity index (χ4v) is 5.54. The first-order valence-electron chi connectivity index (χ1n) is 15.7. The molecule has 2 N–H and O–H groups in total. The summed E-state index contributed by atoms with van der Waals surface area (Å²) in [5, 5.41) is 5.75. The summed E-state index contributed by atoms with van der Waals surface area (Å²) >= 11 is 0. The highest BCUT2D eigenvalue weighted by Crippen LogP contribution is 2.30. The average Bonchev–Trinajstić information content (AvgIpc) is 3.07. The minimum Gasteiger partial charge on any atom is -0.453 e. The number of morpholine rings is 1. The van der Waals surface area contributed by atoms with Crippen LogP contribution in [0.15, 0.2) is 84.9 Å². The van der Waals surface area contributed by atoms with Crippen molar-refractivity contribution in [1.29, 1.82) is 0 Å². The van der Waals surface area contributed by atoms with Gasteiger partial charge >= 0.3 is 18.4 Å². The molecular weight excluding hydrogens is 614 g/mol. The van der Waals surface area contributed by atoms with Gasteiger partial charge in [0.05, 0.1) is 26.3 Å². The Balaban J connectivity index is 1.57. The van der Waals surface area contributed by atoms with Crippen molar-refractivity contribution >= 4 is 35.8 Å². The Labute approximate surface area is 280 Å².